The van der Waals surface area contributed by atoms with Crippen molar-refractivity contribution in [1.29, 1.82) is 0 Å². The lowest BCUT2D eigenvalue weighted by atomic mass is 9.91. The summed E-state index contributed by atoms with van der Waals surface area (Å²) in [6.07, 6.45) is 9.08. The van der Waals surface area contributed by atoms with E-state index in [-0.39, 0.29) is 5.91 Å². The molecule has 18 heavy (non-hydrogen) atoms. The van der Waals surface area contributed by atoms with Crippen LogP contribution in [0.2, 0.25) is 0 Å². The molecular weight excluding hydrogens is 228 g/mol. The highest BCUT2D eigenvalue weighted by Gasteiger charge is 2.46. The van der Waals surface area contributed by atoms with Gasteiger partial charge in [0.1, 0.15) is 5.54 Å². The van der Waals surface area contributed by atoms with Crippen LogP contribution >= 0.6 is 0 Å². The second-order valence-electron chi connectivity index (χ2n) is 5.03. The monoisotopic (exact) mass is 246 g/mol. The number of nitrogens with zero attached hydrogens (tertiary/aromatic N) is 3. The molecule has 0 unspecified atom stereocenters. The maximum absolute atomic E-state index is 12.8. The van der Waals surface area contributed by atoms with Crippen LogP contribution in [0.15, 0.2) is 18.6 Å². The van der Waals surface area contributed by atoms with Crippen LogP contribution in [0.5, 0.6) is 0 Å². The van der Waals surface area contributed by atoms with Gasteiger partial charge in [-0.2, -0.15) is 0 Å². The highest BCUT2D eigenvalue weighted by atomic mass is 16.2. The van der Waals surface area contributed by atoms with Gasteiger partial charge < -0.3 is 4.90 Å². The van der Waals surface area contributed by atoms with Crippen LogP contribution in [-0.2, 0) is 10.3 Å². The number of carbonyl (C=O) groups excluding carboxylic acids is 1. The van der Waals surface area contributed by atoms with Gasteiger partial charge in [-0.1, -0.05) is 0 Å². The molecule has 2 saturated heterocycles. The average molecular weight is 246 g/mol. The van der Waals surface area contributed by atoms with Gasteiger partial charge in [0.05, 0.1) is 11.9 Å². The molecule has 1 atom stereocenters. The minimum absolute atomic E-state index is 0.179. The van der Waals surface area contributed by atoms with E-state index in [1.165, 1.54) is 0 Å². The molecule has 1 N–H and O–H groups in total. The molecule has 1 aromatic rings. The third kappa shape index (κ3) is 1.79. The van der Waals surface area contributed by atoms with E-state index >= 15 is 0 Å². The summed E-state index contributed by atoms with van der Waals surface area (Å²) in [6.45, 7) is 2.63. The van der Waals surface area contributed by atoms with Crippen LogP contribution in [0, 0.1) is 0 Å². The topological polar surface area (TPSA) is 58.1 Å². The Morgan fingerprint density at radius 1 is 1.28 bits per heavy atom. The van der Waals surface area contributed by atoms with E-state index in [0.29, 0.717) is 0 Å². The molecule has 0 bridgehead atoms. The molecule has 3 rings (SSSR count). The van der Waals surface area contributed by atoms with E-state index in [0.717, 1.165) is 51.0 Å². The highest BCUT2D eigenvalue weighted by molar-refractivity contribution is 5.87. The molecule has 1 amide bonds. The zero-order valence-corrected chi connectivity index (χ0v) is 10.4. The molecule has 5 nitrogen and oxygen atoms in total. The number of carbonyl (C=O) groups is 1. The number of likely N-dealkylation sites (tertiary alicyclic amines) is 1. The Morgan fingerprint density at radius 2 is 2.11 bits per heavy atom. The lowest BCUT2D eigenvalue weighted by Gasteiger charge is -2.31. The smallest absolute Gasteiger partial charge is 0.249 e. The van der Waals surface area contributed by atoms with E-state index in [4.69, 9.17) is 0 Å². The van der Waals surface area contributed by atoms with Crippen molar-refractivity contribution in [3.63, 3.8) is 0 Å². The van der Waals surface area contributed by atoms with Crippen molar-refractivity contribution < 1.29 is 4.79 Å². The fourth-order valence-corrected chi connectivity index (χ4v) is 2.96. The Bertz CT molecular complexity index is 422. The minimum atomic E-state index is -0.626. The molecule has 0 aliphatic carbocycles. The first-order chi connectivity index (χ1) is 8.83. The average Bonchev–Trinajstić information content (AvgIpc) is 3.11. The van der Waals surface area contributed by atoms with E-state index in [9.17, 15) is 4.79 Å². The number of rotatable bonds is 2. The van der Waals surface area contributed by atoms with Crippen molar-refractivity contribution in [1.82, 2.24) is 20.2 Å². The van der Waals surface area contributed by atoms with E-state index < -0.39 is 5.54 Å². The molecule has 1 aromatic heterocycles. The number of hydrogen-bond acceptors (Lipinski definition) is 4. The predicted octanol–water partition coefficient (Wildman–Crippen LogP) is 0.678. The SMILES string of the molecule is O=C(N1CCCC1)[C@@]1(c2cnccn2)CCCN1. The molecule has 5 heteroatoms. The Labute approximate surface area is 107 Å². The lowest BCUT2D eigenvalue weighted by Crippen LogP contribution is -2.52. The Kier molecular flexibility index (Phi) is 2.99. The second-order valence-corrected chi connectivity index (χ2v) is 5.03. The summed E-state index contributed by atoms with van der Waals surface area (Å²) in [5.41, 5.74) is 0.137. The number of amides is 1. The van der Waals surface area contributed by atoms with Crippen molar-refractivity contribution >= 4 is 5.91 Å². The van der Waals surface area contributed by atoms with Crippen molar-refractivity contribution in [2.45, 2.75) is 31.2 Å². The minimum Gasteiger partial charge on any atom is -0.341 e. The van der Waals surface area contributed by atoms with Crippen molar-refractivity contribution in [3.05, 3.63) is 24.3 Å². The molecular formula is C13H18N4O. The molecule has 0 saturated carbocycles. The first kappa shape index (κ1) is 11.6. The van der Waals surface area contributed by atoms with Crippen LogP contribution in [0.1, 0.15) is 31.4 Å². The number of hydrogen-bond donors (Lipinski definition) is 1. The first-order valence-electron chi connectivity index (χ1n) is 6.64. The summed E-state index contributed by atoms with van der Waals surface area (Å²) in [5.74, 6) is 0.179. The van der Waals surface area contributed by atoms with E-state index in [1.807, 2.05) is 4.90 Å². The molecule has 0 spiro atoms. The van der Waals surface area contributed by atoms with Gasteiger partial charge in [0.2, 0.25) is 5.91 Å². The van der Waals surface area contributed by atoms with Crippen molar-refractivity contribution in [2.24, 2.45) is 0 Å². The van der Waals surface area contributed by atoms with Gasteiger partial charge in [-0.25, -0.2) is 0 Å². The van der Waals surface area contributed by atoms with Gasteiger partial charge in [-0.3, -0.25) is 20.1 Å². The number of aromatic nitrogens is 2. The molecule has 96 valence electrons. The standard InChI is InChI=1S/C13H18N4O/c18-12(17-8-1-2-9-17)13(4-3-5-16-13)11-10-14-6-7-15-11/h6-7,10,16H,1-5,8-9H2/t13-/m0/s1. The van der Waals surface area contributed by atoms with Crippen molar-refractivity contribution in [3.8, 4) is 0 Å². The van der Waals surface area contributed by atoms with Crippen molar-refractivity contribution in [2.75, 3.05) is 19.6 Å². The Morgan fingerprint density at radius 3 is 2.72 bits per heavy atom. The summed E-state index contributed by atoms with van der Waals surface area (Å²) < 4.78 is 0. The van der Waals surface area contributed by atoms with Gasteiger partial charge in [-0.15, -0.1) is 0 Å². The molecule has 2 fully saturated rings. The predicted molar refractivity (Wildman–Crippen MR) is 66.8 cm³/mol. The summed E-state index contributed by atoms with van der Waals surface area (Å²) in [7, 11) is 0. The molecule has 3 heterocycles. The summed E-state index contributed by atoms with van der Waals surface area (Å²) in [5, 5.41) is 3.37. The largest absolute Gasteiger partial charge is 0.341 e. The van der Waals surface area contributed by atoms with Gasteiger partial charge in [0.25, 0.3) is 0 Å². The fourth-order valence-electron chi connectivity index (χ4n) is 2.96. The Hall–Kier alpha value is -1.49. The molecule has 0 aromatic carbocycles. The summed E-state index contributed by atoms with van der Waals surface area (Å²) >= 11 is 0. The third-order valence-electron chi connectivity index (χ3n) is 3.91. The zero-order chi connectivity index (χ0) is 12.4. The summed E-state index contributed by atoms with van der Waals surface area (Å²) in [4.78, 5) is 23.2. The molecule has 2 aliphatic heterocycles. The normalized spacial score (nSPS) is 27.7. The maximum Gasteiger partial charge on any atom is 0.249 e. The highest BCUT2D eigenvalue weighted by Crippen LogP contribution is 2.32. The maximum atomic E-state index is 12.8. The lowest BCUT2D eigenvalue weighted by molar-refractivity contribution is -0.137. The fraction of sp³-hybridized carbons (Fsp3) is 0.615. The zero-order valence-electron chi connectivity index (χ0n) is 10.4. The van der Waals surface area contributed by atoms with Crippen LogP contribution in [0.4, 0.5) is 0 Å². The Balaban J connectivity index is 1.94. The van der Waals surface area contributed by atoms with Gasteiger partial charge in [0.15, 0.2) is 0 Å². The third-order valence-corrected chi connectivity index (χ3v) is 3.91. The van der Waals surface area contributed by atoms with Gasteiger partial charge in [-0.05, 0) is 32.2 Å². The van der Waals surface area contributed by atoms with Gasteiger partial charge >= 0.3 is 0 Å². The quantitative estimate of drug-likeness (QED) is 0.833. The van der Waals surface area contributed by atoms with Crippen LogP contribution in [0.25, 0.3) is 0 Å². The van der Waals surface area contributed by atoms with E-state index in [2.05, 4.69) is 15.3 Å². The van der Waals surface area contributed by atoms with Crippen LogP contribution in [0.3, 0.4) is 0 Å². The number of nitrogens with one attached hydrogen (secondary N) is 1. The second kappa shape index (κ2) is 4.65. The van der Waals surface area contributed by atoms with Gasteiger partial charge in [0, 0.05) is 25.5 Å². The first-order valence-corrected chi connectivity index (χ1v) is 6.64. The summed E-state index contributed by atoms with van der Waals surface area (Å²) in [6, 6.07) is 0. The molecule has 2 aliphatic rings. The van der Waals surface area contributed by atoms with Crippen LogP contribution < -0.4 is 5.32 Å². The molecule has 0 radical (unpaired) electrons. The van der Waals surface area contributed by atoms with E-state index in [1.54, 1.807) is 18.6 Å². The van der Waals surface area contributed by atoms with Crippen LogP contribution in [-0.4, -0.2) is 40.4 Å².